The molecule has 0 fully saturated rings. The smallest absolute Gasteiger partial charge is 0.262 e. The van der Waals surface area contributed by atoms with Crippen LogP contribution in [0.25, 0.3) is 0 Å². The molecule has 2 aromatic carbocycles. The molecule has 0 aromatic heterocycles. The molecule has 0 spiro atoms. The molecule has 0 atom stereocenters. The lowest BCUT2D eigenvalue weighted by molar-refractivity contribution is -0.118. The molecule has 0 unspecified atom stereocenters. The van der Waals surface area contributed by atoms with E-state index >= 15 is 0 Å². The Labute approximate surface area is 126 Å². The third-order valence-electron chi connectivity index (χ3n) is 3.64. The van der Waals surface area contributed by atoms with Crippen LogP contribution in [-0.4, -0.2) is 12.5 Å². The summed E-state index contributed by atoms with van der Waals surface area (Å²) in [5, 5.41) is 2.74. The lowest BCUT2D eigenvalue weighted by atomic mass is 10.1. The molecular formula is C17H15F2NO2. The Balaban J connectivity index is 1.57. The quantitative estimate of drug-likeness (QED) is 0.939. The van der Waals surface area contributed by atoms with Gasteiger partial charge in [-0.05, 0) is 54.7 Å². The number of benzene rings is 2. The van der Waals surface area contributed by atoms with E-state index in [1.54, 1.807) is 0 Å². The zero-order valence-corrected chi connectivity index (χ0v) is 11.9. The minimum absolute atomic E-state index is 0.114. The van der Waals surface area contributed by atoms with Gasteiger partial charge in [0, 0.05) is 11.8 Å². The lowest BCUT2D eigenvalue weighted by Crippen LogP contribution is -2.20. The van der Waals surface area contributed by atoms with Crippen LogP contribution in [0.1, 0.15) is 17.5 Å². The highest BCUT2D eigenvalue weighted by molar-refractivity contribution is 5.92. The molecule has 3 rings (SSSR count). The van der Waals surface area contributed by atoms with Crippen molar-refractivity contribution in [2.75, 3.05) is 11.9 Å². The molecule has 0 aliphatic heterocycles. The van der Waals surface area contributed by atoms with Crippen molar-refractivity contribution in [3.05, 3.63) is 59.2 Å². The molecule has 0 saturated carbocycles. The lowest BCUT2D eigenvalue weighted by Gasteiger charge is -2.09. The van der Waals surface area contributed by atoms with Crippen LogP contribution in [-0.2, 0) is 17.6 Å². The second kappa shape index (κ2) is 6.13. The Hall–Kier alpha value is -2.43. The number of rotatable bonds is 4. The number of hydrogen-bond donors (Lipinski definition) is 1. The number of hydrogen-bond acceptors (Lipinski definition) is 2. The van der Waals surface area contributed by atoms with Gasteiger partial charge in [-0.15, -0.1) is 0 Å². The van der Waals surface area contributed by atoms with Gasteiger partial charge < -0.3 is 10.1 Å². The maximum atomic E-state index is 13.0. The largest absolute Gasteiger partial charge is 0.484 e. The zero-order chi connectivity index (χ0) is 15.5. The first-order valence-corrected chi connectivity index (χ1v) is 7.11. The van der Waals surface area contributed by atoms with E-state index < -0.39 is 11.6 Å². The second-order valence-corrected chi connectivity index (χ2v) is 5.25. The van der Waals surface area contributed by atoms with Gasteiger partial charge in [-0.25, -0.2) is 8.78 Å². The first-order chi connectivity index (χ1) is 10.6. The van der Waals surface area contributed by atoms with Crippen LogP contribution in [0.15, 0.2) is 36.4 Å². The number of ether oxygens (including phenoxy) is 1. The predicted molar refractivity (Wildman–Crippen MR) is 78.9 cm³/mol. The van der Waals surface area contributed by atoms with E-state index in [-0.39, 0.29) is 18.3 Å². The summed E-state index contributed by atoms with van der Waals surface area (Å²) in [5.41, 5.74) is 3.31. The summed E-state index contributed by atoms with van der Waals surface area (Å²) in [5.74, 6) is -2.18. The number of amides is 1. The monoisotopic (exact) mass is 303 g/mol. The summed E-state index contributed by atoms with van der Waals surface area (Å²) < 4.78 is 31.0. The van der Waals surface area contributed by atoms with E-state index in [1.807, 2.05) is 18.2 Å². The Morgan fingerprint density at radius 1 is 1.05 bits per heavy atom. The number of nitrogens with one attached hydrogen (secondary N) is 1. The molecule has 0 heterocycles. The zero-order valence-electron chi connectivity index (χ0n) is 11.9. The maximum Gasteiger partial charge on any atom is 0.262 e. The normalized spacial score (nSPS) is 12.8. The van der Waals surface area contributed by atoms with Crippen LogP contribution in [0, 0.1) is 11.6 Å². The molecule has 3 nitrogen and oxygen atoms in total. The van der Waals surface area contributed by atoms with Gasteiger partial charge in [0.15, 0.2) is 18.2 Å². The summed E-state index contributed by atoms with van der Waals surface area (Å²) in [7, 11) is 0. The molecule has 114 valence electrons. The number of fused-ring (bicyclic) bond motifs is 1. The molecule has 5 heteroatoms. The first kappa shape index (κ1) is 14.5. The van der Waals surface area contributed by atoms with Gasteiger partial charge in [-0.3, -0.25) is 4.79 Å². The number of anilines is 1. The van der Waals surface area contributed by atoms with Gasteiger partial charge in [-0.1, -0.05) is 6.07 Å². The van der Waals surface area contributed by atoms with Gasteiger partial charge in [0.1, 0.15) is 5.75 Å². The van der Waals surface area contributed by atoms with Gasteiger partial charge in [0.2, 0.25) is 0 Å². The van der Waals surface area contributed by atoms with E-state index in [9.17, 15) is 13.6 Å². The number of carbonyl (C=O) groups is 1. The minimum atomic E-state index is -1.00. The van der Waals surface area contributed by atoms with E-state index in [4.69, 9.17) is 4.74 Å². The highest BCUT2D eigenvalue weighted by Crippen LogP contribution is 2.24. The van der Waals surface area contributed by atoms with Gasteiger partial charge >= 0.3 is 0 Å². The van der Waals surface area contributed by atoms with Crippen molar-refractivity contribution in [3.8, 4) is 5.75 Å². The van der Waals surface area contributed by atoms with E-state index in [2.05, 4.69) is 5.32 Å². The van der Waals surface area contributed by atoms with Gasteiger partial charge in [0.25, 0.3) is 5.91 Å². The fraction of sp³-hybridized carbons (Fsp3) is 0.235. The first-order valence-electron chi connectivity index (χ1n) is 7.11. The van der Waals surface area contributed by atoms with E-state index in [0.717, 1.165) is 37.1 Å². The van der Waals surface area contributed by atoms with Crippen molar-refractivity contribution in [1.82, 2.24) is 0 Å². The van der Waals surface area contributed by atoms with Crippen LogP contribution in [0.5, 0.6) is 5.75 Å². The van der Waals surface area contributed by atoms with Crippen LogP contribution in [0.3, 0.4) is 0 Å². The number of halogens is 2. The molecule has 1 aliphatic carbocycles. The number of aryl methyl sites for hydroxylation is 2. The predicted octanol–water partition coefficient (Wildman–Crippen LogP) is 3.47. The molecular weight excluding hydrogens is 288 g/mol. The van der Waals surface area contributed by atoms with Crippen LogP contribution in [0.4, 0.5) is 14.5 Å². The van der Waals surface area contributed by atoms with Crippen molar-refractivity contribution in [1.29, 1.82) is 0 Å². The highest BCUT2D eigenvalue weighted by Gasteiger charge is 2.12. The van der Waals surface area contributed by atoms with Crippen LogP contribution >= 0.6 is 0 Å². The van der Waals surface area contributed by atoms with Gasteiger partial charge in [0.05, 0.1) is 0 Å². The van der Waals surface area contributed by atoms with E-state index in [1.165, 1.54) is 17.2 Å². The average molecular weight is 303 g/mol. The summed E-state index contributed by atoms with van der Waals surface area (Å²) in [6.45, 7) is -0.262. The van der Waals surface area contributed by atoms with Crippen LogP contribution in [0.2, 0.25) is 0 Å². The third-order valence-corrected chi connectivity index (χ3v) is 3.64. The molecule has 1 amide bonds. The minimum Gasteiger partial charge on any atom is -0.484 e. The molecule has 2 aromatic rings. The fourth-order valence-electron chi connectivity index (χ4n) is 2.56. The number of carbonyl (C=O) groups excluding carboxylic acids is 1. The molecule has 1 aliphatic rings. The average Bonchev–Trinajstić information content (AvgIpc) is 2.96. The third kappa shape index (κ3) is 3.24. The Bertz CT molecular complexity index is 716. The Morgan fingerprint density at radius 2 is 1.86 bits per heavy atom. The van der Waals surface area contributed by atoms with Crippen molar-refractivity contribution in [2.45, 2.75) is 19.3 Å². The summed E-state index contributed by atoms with van der Waals surface area (Å²) in [6, 6.07) is 9.01. The molecule has 1 N–H and O–H groups in total. The summed E-state index contributed by atoms with van der Waals surface area (Å²) in [6.07, 6.45) is 3.26. The summed E-state index contributed by atoms with van der Waals surface area (Å²) in [4.78, 5) is 11.8. The molecule has 22 heavy (non-hydrogen) atoms. The van der Waals surface area contributed by atoms with Crippen LogP contribution < -0.4 is 10.1 Å². The maximum absolute atomic E-state index is 13.0. The Kier molecular flexibility index (Phi) is 4.04. The van der Waals surface area contributed by atoms with E-state index in [0.29, 0.717) is 0 Å². The fourth-order valence-corrected chi connectivity index (χ4v) is 2.56. The molecule has 0 saturated heterocycles. The Morgan fingerprint density at radius 3 is 2.68 bits per heavy atom. The standard InChI is InChI=1S/C17H15F2NO2/c18-15-7-6-14(9-16(15)19)22-10-17(21)20-13-5-4-11-2-1-3-12(11)8-13/h4-9H,1-3,10H2,(H,20,21). The van der Waals surface area contributed by atoms with Gasteiger partial charge in [-0.2, -0.15) is 0 Å². The van der Waals surface area contributed by atoms with Crippen molar-refractivity contribution < 1.29 is 18.3 Å². The van der Waals surface area contributed by atoms with Crippen molar-refractivity contribution >= 4 is 11.6 Å². The van der Waals surface area contributed by atoms with Crippen molar-refractivity contribution in [2.24, 2.45) is 0 Å². The van der Waals surface area contributed by atoms with Crippen molar-refractivity contribution in [3.63, 3.8) is 0 Å². The highest BCUT2D eigenvalue weighted by atomic mass is 19.2. The molecule has 0 bridgehead atoms. The topological polar surface area (TPSA) is 38.3 Å². The molecule has 0 radical (unpaired) electrons. The summed E-state index contributed by atoms with van der Waals surface area (Å²) >= 11 is 0. The SMILES string of the molecule is O=C(COc1ccc(F)c(F)c1)Nc1ccc2c(c1)CCC2. The second-order valence-electron chi connectivity index (χ2n) is 5.25.